The van der Waals surface area contributed by atoms with E-state index in [2.05, 4.69) is 5.32 Å². The van der Waals surface area contributed by atoms with Crippen molar-refractivity contribution in [2.45, 2.75) is 38.1 Å². The second-order valence-corrected chi connectivity index (χ2v) is 9.30. The van der Waals surface area contributed by atoms with Gasteiger partial charge >= 0.3 is 12.1 Å². The maximum Gasteiger partial charge on any atom is 0.409 e. The standard InChI is InChI=1S/C22H26N2O5S2/c1-4-29-21(26)19-16-9-11-24(22(27)28-3)13-17(16)31-20(19)23-18(25)10-12-30-15-7-5-14(2)6-8-15/h5-8H,4,9-13H2,1-3H3,(H,23,25). The lowest BCUT2D eigenvalue weighted by molar-refractivity contribution is -0.115. The van der Waals surface area contributed by atoms with Crippen LogP contribution < -0.4 is 5.32 Å². The zero-order valence-electron chi connectivity index (χ0n) is 17.9. The molecule has 166 valence electrons. The predicted octanol–water partition coefficient (Wildman–Crippen LogP) is 4.48. The minimum atomic E-state index is -0.448. The summed E-state index contributed by atoms with van der Waals surface area (Å²) in [6, 6.07) is 8.16. The van der Waals surface area contributed by atoms with Crippen LogP contribution >= 0.6 is 23.1 Å². The summed E-state index contributed by atoms with van der Waals surface area (Å²) in [4.78, 5) is 40.6. The van der Waals surface area contributed by atoms with Crippen LogP contribution in [0, 0.1) is 6.92 Å². The van der Waals surface area contributed by atoms with E-state index in [1.54, 1.807) is 23.6 Å². The fraction of sp³-hybridized carbons (Fsp3) is 0.409. The van der Waals surface area contributed by atoms with Crippen molar-refractivity contribution in [3.63, 3.8) is 0 Å². The smallest absolute Gasteiger partial charge is 0.409 e. The third-order valence-electron chi connectivity index (χ3n) is 4.84. The van der Waals surface area contributed by atoms with Gasteiger partial charge < -0.3 is 19.7 Å². The van der Waals surface area contributed by atoms with Gasteiger partial charge in [0.05, 0.1) is 25.8 Å². The van der Waals surface area contributed by atoms with Gasteiger partial charge in [-0.3, -0.25) is 4.79 Å². The van der Waals surface area contributed by atoms with Gasteiger partial charge in [0.25, 0.3) is 0 Å². The van der Waals surface area contributed by atoms with Gasteiger partial charge in [-0.25, -0.2) is 9.59 Å². The first-order chi connectivity index (χ1) is 14.9. The van der Waals surface area contributed by atoms with Crippen LogP contribution in [0.4, 0.5) is 9.80 Å². The number of thiophene rings is 1. The third kappa shape index (κ3) is 5.80. The number of ether oxygens (including phenoxy) is 2. The number of nitrogens with one attached hydrogen (secondary N) is 1. The SMILES string of the molecule is CCOC(=O)c1c(NC(=O)CCSc2ccc(C)cc2)sc2c1CCN(C(=O)OC)C2. The van der Waals surface area contributed by atoms with E-state index in [-0.39, 0.29) is 12.5 Å². The molecule has 0 fully saturated rings. The maximum atomic E-state index is 12.6. The largest absolute Gasteiger partial charge is 0.462 e. The molecule has 2 aromatic rings. The molecule has 0 unspecified atom stereocenters. The number of hydrogen-bond donors (Lipinski definition) is 1. The average Bonchev–Trinajstić information content (AvgIpc) is 3.11. The molecule has 2 heterocycles. The van der Waals surface area contributed by atoms with Crippen LogP contribution in [0.25, 0.3) is 0 Å². The Hall–Kier alpha value is -2.52. The molecule has 2 amide bonds. The quantitative estimate of drug-likeness (QED) is 0.482. The summed E-state index contributed by atoms with van der Waals surface area (Å²) in [5.41, 5.74) is 2.44. The molecule has 3 rings (SSSR count). The summed E-state index contributed by atoms with van der Waals surface area (Å²) in [7, 11) is 1.34. The van der Waals surface area contributed by atoms with Crippen molar-refractivity contribution in [2.75, 3.05) is 31.3 Å². The summed E-state index contributed by atoms with van der Waals surface area (Å²) >= 11 is 2.93. The van der Waals surface area contributed by atoms with Crippen LogP contribution in [0.3, 0.4) is 0 Å². The van der Waals surface area contributed by atoms with Gasteiger partial charge in [0, 0.05) is 28.5 Å². The van der Waals surface area contributed by atoms with Crippen molar-refractivity contribution in [3.05, 3.63) is 45.8 Å². The Morgan fingerprint density at radius 1 is 1.23 bits per heavy atom. The number of benzene rings is 1. The molecular formula is C22H26N2O5S2. The maximum absolute atomic E-state index is 12.6. The van der Waals surface area contributed by atoms with E-state index in [0.29, 0.717) is 42.2 Å². The molecule has 7 nitrogen and oxygen atoms in total. The van der Waals surface area contributed by atoms with Gasteiger partial charge in [0.15, 0.2) is 0 Å². The molecular weight excluding hydrogens is 436 g/mol. The number of amides is 2. The molecule has 31 heavy (non-hydrogen) atoms. The minimum Gasteiger partial charge on any atom is -0.462 e. The van der Waals surface area contributed by atoms with Crippen molar-refractivity contribution < 1.29 is 23.9 Å². The van der Waals surface area contributed by atoms with Gasteiger partial charge in [-0.15, -0.1) is 23.1 Å². The molecule has 9 heteroatoms. The number of carbonyl (C=O) groups is 3. The number of hydrogen-bond acceptors (Lipinski definition) is 7. The number of aryl methyl sites for hydroxylation is 1. The van der Waals surface area contributed by atoms with Crippen LogP contribution in [-0.4, -0.2) is 48.9 Å². The minimum absolute atomic E-state index is 0.159. The normalized spacial score (nSPS) is 12.8. The molecule has 1 aromatic heterocycles. The lowest BCUT2D eigenvalue weighted by Gasteiger charge is -2.25. The van der Waals surface area contributed by atoms with Crippen LogP contribution in [-0.2, 0) is 27.2 Å². The van der Waals surface area contributed by atoms with E-state index < -0.39 is 12.1 Å². The predicted molar refractivity (Wildman–Crippen MR) is 122 cm³/mol. The highest BCUT2D eigenvalue weighted by molar-refractivity contribution is 7.99. The fourth-order valence-corrected chi connectivity index (χ4v) is 5.40. The van der Waals surface area contributed by atoms with Crippen LogP contribution in [0.2, 0.25) is 0 Å². The summed E-state index contributed by atoms with van der Waals surface area (Å²) in [6.45, 7) is 4.82. The lowest BCUT2D eigenvalue weighted by atomic mass is 10.0. The molecule has 0 radical (unpaired) electrons. The summed E-state index contributed by atoms with van der Waals surface area (Å²) < 4.78 is 10.0. The number of nitrogens with zero attached hydrogens (tertiary/aromatic N) is 1. The van der Waals surface area contributed by atoms with Gasteiger partial charge in [0.2, 0.25) is 5.91 Å². The first-order valence-corrected chi connectivity index (χ1v) is 11.9. The number of esters is 1. The van der Waals surface area contributed by atoms with E-state index in [1.807, 2.05) is 31.2 Å². The molecule has 0 bridgehead atoms. The number of rotatable bonds is 7. The van der Waals surface area contributed by atoms with Crippen LogP contribution in [0.5, 0.6) is 0 Å². The van der Waals surface area contributed by atoms with Gasteiger partial charge in [0.1, 0.15) is 5.00 Å². The van der Waals surface area contributed by atoms with E-state index >= 15 is 0 Å². The van der Waals surface area contributed by atoms with E-state index in [1.165, 1.54) is 24.0 Å². The Balaban J connectivity index is 1.69. The summed E-state index contributed by atoms with van der Waals surface area (Å²) in [6.07, 6.45) is 0.418. The number of thioether (sulfide) groups is 1. The second-order valence-electron chi connectivity index (χ2n) is 7.03. The average molecular weight is 463 g/mol. The Morgan fingerprint density at radius 3 is 2.65 bits per heavy atom. The topological polar surface area (TPSA) is 84.9 Å². The highest BCUT2D eigenvalue weighted by atomic mass is 32.2. The number of anilines is 1. The van der Waals surface area contributed by atoms with Crippen molar-refractivity contribution in [3.8, 4) is 0 Å². The molecule has 1 aliphatic heterocycles. The molecule has 1 aliphatic rings. The third-order valence-corrected chi connectivity index (χ3v) is 6.99. The highest BCUT2D eigenvalue weighted by Gasteiger charge is 2.31. The Bertz CT molecular complexity index is 956. The fourth-order valence-electron chi connectivity index (χ4n) is 3.28. The van der Waals surface area contributed by atoms with E-state index in [0.717, 1.165) is 15.3 Å². The number of fused-ring (bicyclic) bond motifs is 1. The Morgan fingerprint density at radius 2 is 1.97 bits per heavy atom. The van der Waals surface area contributed by atoms with Gasteiger partial charge in [-0.05, 0) is 38.0 Å². The Kier molecular flexibility index (Phi) is 7.97. The summed E-state index contributed by atoms with van der Waals surface area (Å²) in [5, 5.41) is 3.38. The molecule has 0 saturated carbocycles. The first-order valence-electron chi connectivity index (χ1n) is 10.1. The van der Waals surface area contributed by atoms with Gasteiger partial charge in [-0.1, -0.05) is 17.7 Å². The zero-order valence-corrected chi connectivity index (χ0v) is 19.5. The summed E-state index contributed by atoms with van der Waals surface area (Å²) in [5.74, 6) is 0.0228. The lowest BCUT2D eigenvalue weighted by Crippen LogP contribution is -2.35. The van der Waals surface area contributed by atoms with Crippen LogP contribution in [0.15, 0.2) is 29.2 Å². The van der Waals surface area contributed by atoms with E-state index in [9.17, 15) is 14.4 Å². The van der Waals surface area contributed by atoms with Gasteiger partial charge in [-0.2, -0.15) is 0 Å². The molecule has 1 aromatic carbocycles. The number of methoxy groups -OCH3 is 1. The molecule has 0 spiro atoms. The highest BCUT2D eigenvalue weighted by Crippen LogP contribution is 2.38. The number of carbonyl (C=O) groups excluding carboxylic acids is 3. The molecule has 1 N–H and O–H groups in total. The molecule has 0 saturated heterocycles. The molecule has 0 atom stereocenters. The second kappa shape index (κ2) is 10.7. The molecule has 0 aliphatic carbocycles. The zero-order chi connectivity index (χ0) is 22.4. The van der Waals surface area contributed by atoms with Crippen molar-refractivity contribution in [2.24, 2.45) is 0 Å². The van der Waals surface area contributed by atoms with Crippen molar-refractivity contribution in [1.29, 1.82) is 0 Å². The van der Waals surface area contributed by atoms with Crippen molar-refractivity contribution >= 4 is 46.1 Å². The van der Waals surface area contributed by atoms with Crippen molar-refractivity contribution in [1.82, 2.24) is 4.90 Å². The first kappa shape index (κ1) is 23.1. The van der Waals surface area contributed by atoms with E-state index in [4.69, 9.17) is 9.47 Å². The van der Waals surface area contributed by atoms with Crippen LogP contribution in [0.1, 0.15) is 39.7 Å². The monoisotopic (exact) mass is 462 g/mol. The Labute approximate surface area is 190 Å².